The molecule has 0 spiro atoms. The first-order valence-electron chi connectivity index (χ1n) is 3.69. The average Bonchev–Trinajstić information content (AvgIpc) is 2.04. The summed E-state index contributed by atoms with van der Waals surface area (Å²) in [6.45, 7) is 0.662. The topological polar surface area (TPSA) is 72.2 Å². The highest BCUT2D eigenvalue weighted by Crippen LogP contribution is 1.95. The average molecular weight is 158 g/mol. The second kappa shape index (κ2) is 7.21. The molecule has 0 saturated carbocycles. The highest BCUT2D eigenvalue weighted by Gasteiger charge is 1.97. The maximum atomic E-state index is 10.0. The number of hydrogen-bond acceptors (Lipinski definition) is 3. The van der Waals surface area contributed by atoms with Gasteiger partial charge in [0.25, 0.3) is 0 Å². The zero-order valence-corrected chi connectivity index (χ0v) is 6.45. The first-order chi connectivity index (χ1) is 5.31. The van der Waals surface area contributed by atoms with E-state index >= 15 is 0 Å². The molecular weight excluding hydrogens is 144 g/mol. The molecule has 0 rings (SSSR count). The zero-order chi connectivity index (χ0) is 8.53. The lowest BCUT2D eigenvalue weighted by Crippen LogP contribution is -2.21. The van der Waals surface area contributed by atoms with Crippen LogP contribution < -0.4 is 11.1 Å². The number of nitrogens with two attached hydrogens (primary N) is 1. The summed E-state index contributed by atoms with van der Waals surface area (Å²) in [5, 5.41) is 2.53. The molecule has 3 N–H and O–H groups in total. The van der Waals surface area contributed by atoms with Crippen molar-refractivity contribution in [3.05, 3.63) is 0 Å². The van der Waals surface area contributed by atoms with E-state index in [0.29, 0.717) is 19.4 Å². The van der Waals surface area contributed by atoms with Gasteiger partial charge in [0.1, 0.15) is 6.29 Å². The quantitative estimate of drug-likeness (QED) is 0.385. The monoisotopic (exact) mass is 158 g/mol. The fraction of sp³-hybridized carbons (Fsp3) is 0.714. The Morgan fingerprint density at radius 2 is 2.09 bits per heavy atom. The van der Waals surface area contributed by atoms with Crippen LogP contribution in [0.3, 0.4) is 0 Å². The van der Waals surface area contributed by atoms with Gasteiger partial charge in [-0.05, 0) is 19.3 Å². The standard InChI is InChI=1S/C7H14N2O2/c8-7(5-10)3-1-2-4-9-6-11/h5-7H,1-4,8H2,(H,9,11)/t7-/m1/s1. The van der Waals surface area contributed by atoms with Gasteiger partial charge >= 0.3 is 0 Å². The van der Waals surface area contributed by atoms with Crippen molar-refractivity contribution in [2.45, 2.75) is 25.3 Å². The van der Waals surface area contributed by atoms with E-state index < -0.39 is 0 Å². The van der Waals surface area contributed by atoms with Crippen molar-refractivity contribution in [3.8, 4) is 0 Å². The third kappa shape index (κ3) is 6.99. The summed E-state index contributed by atoms with van der Waals surface area (Å²) >= 11 is 0. The van der Waals surface area contributed by atoms with Crippen LogP contribution in [-0.2, 0) is 9.59 Å². The van der Waals surface area contributed by atoms with Crippen LogP contribution in [0.4, 0.5) is 0 Å². The molecule has 0 radical (unpaired) electrons. The van der Waals surface area contributed by atoms with Gasteiger partial charge in [-0.25, -0.2) is 0 Å². The summed E-state index contributed by atoms with van der Waals surface area (Å²) in [5.74, 6) is 0. The molecule has 11 heavy (non-hydrogen) atoms. The van der Waals surface area contributed by atoms with Crippen LogP contribution in [0.2, 0.25) is 0 Å². The Labute approximate surface area is 66.1 Å². The lowest BCUT2D eigenvalue weighted by Gasteiger charge is -2.02. The minimum Gasteiger partial charge on any atom is -0.359 e. The van der Waals surface area contributed by atoms with Crippen molar-refractivity contribution in [2.24, 2.45) is 5.73 Å². The highest BCUT2D eigenvalue weighted by atomic mass is 16.1. The summed E-state index contributed by atoms with van der Waals surface area (Å²) in [4.78, 5) is 19.8. The van der Waals surface area contributed by atoms with Gasteiger partial charge in [-0.2, -0.15) is 0 Å². The molecule has 0 aliphatic carbocycles. The number of rotatable bonds is 7. The zero-order valence-electron chi connectivity index (χ0n) is 6.45. The molecule has 0 saturated heterocycles. The summed E-state index contributed by atoms with van der Waals surface area (Å²) in [6, 6.07) is -0.341. The number of amides is 1. The third-order valence-corrected chi connectivity index (χ3v) is 1.37. The maximum Gasteiger partial charge on any atom is 0.207 e. The number of hydrogen-bond donors (Lipinski definition) is 2. The maximum absolute atomic E-state index is 10.0. The molecule has 0 unspecified atom stereocenters. The van der Waals surface area contributed by atoms with E-state index in [1.54, 1.807) is 0 Å². The van der Waals surface area contributed by atoms with Gasteiger partial charge in [-0.3, -0.25) is 4.79 Å². The first-order valence-corrected chi connectivity index (χ1v) is 3.69. The van der Waals surface area contributed by atoms with Crippen LogP contribution in [0.25, 0.3) is 0 Å². The van der Waals surface area contributed by atoms with E-state index in [9.17, 15) is 9.59 Å². The van der Waals surface area contributed by atoms with Gasteiger partial charge in [0.2, 0.25) is 6.41 Å². The molecule has 0 aliphatic rings. The molecule has 0 bridgehead atoms. The molecule has 0 aromatic carbocycles. The molecule has 4 heteroatoms. The smallest absolute Gasteiger partial charge is 0.207 e. The van der Waals surface area contributed by atoms with E-state index in [2.05, 4.69) is 5.32 Å². The van der Waals surface area contributed by atoms with Crippen LogP contribution >= 0.6 is 0 Å². The van der Waals surface area contributed by atoms with Crippen LogP contribution in [-0.4, -0.2) is 25.3 Å². The Bertz CT molecular complexity index is 117. The van der Waals surface area contributed by atoms with Crippen LogP contribution in [0, 0.1) is 0 Å². The van der Waals surface area contributed by atoms with E-state index in [4.69, 9.17) is 5.73 Å². The predicted molar refractivity (Wildman–Crippen MR) is 42.0 cm³/mol. The Balaban J connectivity index is 3.01. The molecule has 64 valence electrons. The lowest BCUT2D eigenvalue weighted by molar-refractivity contribution is -0.110. The van der Waals surface area contributed by atoms with E-state index in [0.717, 1.165) is 19.1 Å². The first kappa shape index (κ1) is 10.1. The molecule has 0 aliphatic heterocycles. The molecular formula is C7H14N2O2. The normalized spacial score (nSPS) is 12.1. The fourth-order valence-electron chi connectivity index (χ4n) is 0.734. The number of aldehydes is 1. The van der Waals surface area contributed by atoms with Crippen molar-refractivity contribution in [3.63, 3.8) is 0 Å². The van der Waals surface area contributed by atoms with E-state index in [1.165, 1.54) is 0 Å². The van der Waals surface area contributed by atoms with Crippen molar-refractivity contribution in [2.75, 3.05) is 6.54 Å². The van der Waals surface area contributed by atoms with Crippen molar-refractivity contribution in [1.29, 1.82) is 0 Å². The fourth-order valence-corrected chi connectivity index (χ4v) is 0.734. The minimum atomic E-state index is -0.341. The number of nitrogens with one attached hydrogen (secondary N) is 1. The molecule has 1 atom stereocenters. The predicted octanol–water partition coefficient (Wildman–Crippen LogP) is -0.571. The van der Waals surface area contributed by atoms with E-state index in [-0.39, 0.29) is 6.04 Å². The van der Waals surface area contributed by atoms with Gasteiger partial charge in [-0.15, -0.1) is 0 Å². The van der Waals surface area contributed by atoms with Gasteiger partial charge in [0.15, 0.2) is 0 Å². The van der Waals surface area contributed by atoms with Crippen LogP contribution in [0.5, 0.6) is 0 Å². The van der Waals surface area contributed by atoms with Crippen molar-refractivity contribution in [1.82, 2.24) is 5.32 Å². The second-order valence-electron chi connectivity index (χ2n) is 2.37. The SMILES string of the molecule is N[C@@H](C=O)CCCCNC=O. The Morgan fingerprint density at radius 1 is 1.36 bits per heavy atom. The Kier molecular flexibility index (Phi) is 6.62. The summed E-state index contributed by atoms with van der Waals surface area (Å²) in [6.07, 6.45) is 3.86. The molecule has 0 heterocycles. The Morgan fingerprint density at radius 3 is 2.64 bits per heavy atom. The molecule has 0 fully saturated rings. The van der Waals surface area contributed by atoms with Gasteiger partial charge in [-0.1, -0.05) is 0 Å². The summed E-state index contributed by atoms with van der Waals surface area (Å²) in [5.41, 5.74) is 5.33. The van der Waals surface area contributed by atoms with Gasteiger partial charge < -0.3 is 15.8 Å². The van der Waals surface area contributed by atoms with Crippen molar-refractivity contribution >= 4 is 12.7 Å². The number of carbonyl (C=O) groups is 2. The number of carbonyl (C=O) groups excluding carboxylic acids is 2. The van der Waals surface area contributed by atoms with Gasteiger partial charge in [0, 0.05) is 6.54 Å². The third-order valence-electron chi connectivity index (χ3n) is 1.37. The molecule has 0 aromatic rings. The number of unbranched alkanes of at least 4 members (excludes halogenated alkanes) is 1. The van der Waals surface area contributed by atoms with Gasteiger partial charge in [0.05, 0.1) is 6.04 Å². The molecule has 4 nitrogen and oxygen atoms in total. The van der Waals surface area contributed by atoms with Crippen molar-refractivity contribution < 1.29 is 9.59 Å². The Hall–Kier alpha value is -0.900. The minimum absolute atomic E-state index is 0.341. The molecule has 1 amide bonds. The second-order valence-corrected chi connectivity index (χ2v) is 2.37. The lowest BCUT2D eigenvalue weighted by atomic mass is 10.1. The highest BCUT2D eigenvalue weighted by molar-refractivity contribution is 5.56. The van der Waals surface area contributed by atoms with Crippen LogP contribution in [0.1, 0.15) is 19.3 Å². The van der Waals surface area contributed by atoms with Crippen LogP contribution in [0.15, 0.2) is 0 Å². The molecule has 0 aromatic heterocycles. The summed E-state index contributed by atoms with van der Waals surface area (Å²) < 4.78 is 0. The van der Waals surface area contributed by atoms with E-state index in [1.807, 2.05) is 0 Å². The summed E-state index contributed by atoms with van der Waals surface area (Å²) in [7, 11) is 0. The largest absolute Gasteiger partial charge is 0.359 e.